The largest absolute Gasteiger partial charge is 0.448 e. The lowest BCUT2D eigenvalue weighted by atomic mass is 9.98. The molecule has 3 aromatic carbocycles. The van der Waals surface area contributed by atoms with E-state index >= 15 is 0 Å². The summed E-state index contributed by atoms with van der Waals surface area (Å²) >= 11 is 6.27. The van der Waals surface area contributed by atoms with Crippen LogP contribution in [0.15, 0.2) is 66.7 Å². The number of hydrogen-bond donors (Lipinski definition) is 5. The summed E-state index contributed by atoms with van der Waals surface area (Å²) < 4.78 is 16.0. The molecule has 0 heterocycles. The summed E-state index contributed by atoms with van der Waals surface area (Å²) in [6.07, 6.45) is 4.19. The minimum Gasteiger partial charge on any atom is -0.448 e. The van der Waals surface area contributed by atoms with Gasteiger partial charge in [0.1, 0.15) is 30.3 Å². The molecule has 0 spiro atoms. The van der Waals surface area contributed by atoms with Gasteiger partial charge in [0.05, 0.1) is 0 Å². The number of amides is 6. The fourth-order valence-electron chi connectivity index (χ4n) is 6.95. The van der Waals surface area contributed by atoms with Crippen LogP contribution in [-0.2, 0) is 41.0 Å². The summed E-state index contributed by atoms with van der Waals surface area (Å²) in [7, 11) is 1.62. The second-order valence-corrected chi connectivity index (χ2v) is 16.9. The zero-order valence-electron chi connectivity index (χ0n) is 37.0. The Kier molecular flexibility index (Phi) is 18.2. The molecule has 0 radical (unpaired) electrons. The predicted molar refractivity (Wildman–Crippen MR) is 241 cm³/mol. The Hall–Kier alpha value is -6.27. The van der Waals surface area contributed by atoms with Gasteiger partial charge >= 0.3 is 18.3 Å². The number of fused-ring (bicyclic) bond motifs is 3. The lowest BCUT2D eigenvalue weighted by molar-refractivity contribution is -0.132. The van der Waals surface area contributed by atoms with E-state index in [2.05, 4.69) is 56.8 Å². The standard InChI is InChI=1S/C47H59ClN6O9/c1-9-24-61-45(59)52-39(20-14-15-23-49-44(58)63-47(5,6)7)42(56)53-40(29(2)3)43(57)50-30(4)41(55)51-33-22-21-31(26-48)32(25-33)27-54(8)46(60)62-28-38-36-18-12-10-16-34(36)35-17-11-13-19-37(35)38/h1,10-13,16-19,21-22,25,29-30,38-40H,14-15,20,23-24,26-28H2,2-8H3,(H,49,58)(H,50,57)(H,51,55)(H,52,59)(H,53,56)/t30-,39-,40-/m0/s1. The highest BCUT2D eigenvalue weighted by Crippen LogP contribution is 2.44. The van der Waals surface area contributed by atoms with Crippen molar-refractivity contribution in [3.63, 3.8) is 0 Å². The number of halogens is 1. The maximum absolute atomic E-state index is 13.6. The summed E-state index contributed by atoms with van der Waals surface area (Å²) in [6.45, 7) is 10.5. The van der Waals surface area contributed by atoms with Gasteiger partial charge in [0.15, 0.2) is 6.61 Å². The number of hydrogen-bond acceptors (Lipinski definition) is 9. The number of nitrogens with one attached hydrogen (secondary N) is 5. The van der Waals surface area contributed by atoms with Gasteiger partial charge in [-0.1, -0.05) is 74.4 Å². The zero-order valence-corrected chi connectivity index (χ0v) is 37.7. The Morgan fingerprint density at radius 3 is 2.06 bits per heavy atom. The Morgan fingerprint density at radius 2 is 1.46 bits per heavy atom. The van der Waals surface area contributed by atoms with E-state index in [4.69, 9.17) is 32.2 Å². The van der Waals surface area contributed by atoms with Crippen molar-refractivity contribution >= 4 is 53.3 Å². The van der Waals surface area contributed by atoms with Crippen LogP contribution in [0.4, 0.5) is 20.1 Å². The molecule has 1 aliphatic rings. The van der Waals surface area contributed by atoms with Crippen LogP contribution in [0, 0.1) is 18.3 Å². The van der Waals surface area contributed by atoms with Gasteiger partial charge < -0.3 is 45.7 Å². The maximum Gasteiger partial charge on any atom is 0.409 e. The first kappa shape index (κ1) is 49.4. The molecular weight excluding hydrogens is 828 g/mol. The summed E-state index contributed by atoms with van der Waals surface area (Å²) in [6, 6.07) is 18.1. The third-order valence-corrected chi connectivity index (χ3v) is 10.4. The van der Waals surface area contributed by atoms with Crippen molar-refractivity contribution in [3.8, 4) is 23.5 Å². The number of carbonyl (C=O) groups excluding carboxylic acids is 6. The molecule has 6 amide bonds. The Morgan fingerprint density at radius 1 is 0.810 bits per heavy atom. The number of alkyl halides is 1. The van der Waals surface area contributed by atoms with Crippen LogP contribution >= 0.6 is 11.6 Å². The van der Waals surface area contributed by atoms with E-state index in [1.807, 2.05) is 24.3 Å². The van der Waals surface area contributed by atoms with Crippen molar-refractivity contribution in [1.82, 2.24) is 26.2 Å². The van der Waals surface area contributed by atoms with Crippen LogP contribution in [0.25, 0.3) is 11.1 Å². The van der Waals surface area contributed by atoms with E-state index < -0.39 is 65.6 Å². The number of rotatable bonds is 19. The number of anilines is 1. The highest BCUT2D eigenvalue weighted by Gasteiger charge is 2.32. The van der Waals surface area contributed by atoms with Crippen molar-refractivity contribution in [3.05, 3.63) is 89.0 Å². The highest BCUT2D eigenvalue weighted by atomic mass is 35.5. The second kappa shape index (κ2) is 23.3. The van der Waals surface area contributed by atoms with E-state index in [-0.39, 0.29) is 44.5 Å². The number of nitrogens with zero attached hydrogens (tertiary/aromatic N) is 1. The number of ether oxygens (including phenoxy) is 3. The molecule has 3 atom stereocenters. The van der Waals surface area contributed by atoms with Crippen molar-refractivity contribution in [1.29, 1.82) is 0 Å². The first-order valence-corrected chi connectivity index (χ1v) is 21.4. The van der Waals surface area contributed by atoms with Crippen LogP contribution in [0.2, 0.25) is 0 Å². The smallest absolute Gasteiger partial charge is 0.409 e. The van der Waals surface area contributed by atoms with E-state index in [0.717, 1.165) is 27.8 Å². The minimum atomic E-state index is -1.11. The second-order valence-electron chi connectivity index (χ2n) is 16.6. The summed E-state index contributed by atoms with van der Waals surface area (Å²) in [4.78, 5) is 79.6. The van der Waals surface area contributed by atoms with Gasteiger partial charge in [0.25, 0.3) is 0 Å². The fourth-order valence-corrected chi connectivity index (χ4v) is 7.21. The SMILES string of the molecule is C#CCOC(=O)N[C@@H](CCCCNC(=O)OC(C)(C)C)C(=O)N[C@H](C(=O)N[C@@H](C)C(=O)Nc1ccc(CCl)c(CN(C)C(=O)OCC2c3ccccc3-c3ccccc32)c1)C(C)C. The molecule has 0 saturated heterocycles. The lowest BCUT2D eigenvalue weighted by Crippen LogP contribution is -2.57. The Balaban J connectivity index is 1.33. The van der Waals surface area contributed by atoms with Crippen LogP contribution in [-0.4, -0.2) is 91.4 Å². The van der Waals surface area contributed by atoms with Crippen LogP contribution < -0.4 is 26.6 Å². The van der Waals surface area contributed by atoms with Crippen LogP contribution in [0.3, 0.4) is 0 Å². The van der Waals surface area contributed by atoms with Gasteiger partial charge in [-0.15, -0.1) is 18.0 Å². The van der Waals surface area contributed by atoms with E-state index in [1.54, 1.807) is 59.9 Å². The molecule has 0 aliphatic heterocycles. The third-order valence-electron chi connectivity index (χ3n) is 10.2. The van der Waals surface area contributed by atoms with Crippen molar-refractivity contribution in [2.45, 2.75) is 103 Å². The topological polar surface area (TPSA) is 194 Å². The average molecular weight is 887 g/mol. The minimum absolute atomic E-state index is 0.0944. The lowest BCUT2D eigenvalue weighted by Gasteiger charge is -2.26. The predicted octanol–water partition coefficient (Wildman–Crippen LogP) is 6.81. The molecule has 0 bridgehead atoms. The summed E-state index contributed by atoms with van der Waals surface area (Å²) in [5, 5.41) is 13.3. The molecule has 3 aromatic rings. The van der Waals surface area contributed by atoms with E-state index in [1.165, 1.54) is 11.8 Å². The molecule has 0 aromatic heterocycles. The quantitative estimate of drug-likeness (QED) is 0.0372. The van der Waals surface area contributed by atoms with Gasteiger partial charge in [-0.3, -0.25) is 14.4 Å². The van der Waals surface area contributed by atoms with Gasteiger partial charge in [-0.2, -0.15) is 0 Å². The molecule has 0 unspecified atom stereocenters. The van der Waals surface area contributed by atoms with E-state index in [0.29, 0.717) is 24.1 Å². The molecule has 0 fully saturated rings. The first-order valence-electron chi connectivity index (χ1n) is 20.9. The monoisotopic (exact) mass is 886 g/mol. The van der Waals surface area contributed by atoms with Crippen LogP contribution in [0.5, 0.6) is 0 Å². The van der Waals surface area contributed by atoms with Gasteiger partial charge in [0, 0.05) is 37.6 Å². The molecule has 5 N–H and O–H groups in total. The van der Waals surface area contributed by atoms with Crippen molar-refractivity contribution in [2.24, 2.45) is 5.92 Å². The molecule has 15 nitrogen and oxygen atoms in total. The number of alkyl carbamates (subject to hydrolysis) is 2. The normalized spacial score (nSPS) is 13.2. The number of unbranched alkanes of at least 4 members (excludes halogenated alkanes) is 1. The highest BCUT2D eigenvalue weighted by molar-refractivity contribution is 6.17. The molecular formula is C47H59ClN6O9. The Bertz CT molecular complexity index is 2100. The zero-order chi connectivity index (χ0) is 46.3. The third kappa shape index (κ3) is 14.7. The van der Waals surface area contributed by atoms with Gasteiger partial charge in [-0.25, -0.2) is 14.4 Å². The molecule has 63 heavy (non-hydrogen) atoms. The van der Waals surface area contributed by atoms with Crippen molar-refractivity contribution in [2.75, 3.05) is 32.1 Å². The molecule has 0 saturated carbocycles. The van der Waals surface area contributed by atoms with Gasteiger partial charge in [-0.05, 0) is 98.4 Å². The van der Waals surface area contributed by atoms with Crippen LogP contribution in [0.1, 0.15) is 89.0 Å². The van der Waals surface area contributed by atoms with E-state index in [9.17, 15) is 28.8 Å². The fraction of sp³-hybridized carbons (Fsp3) is 0.447. The molecule has 4 rings (SSSR count). The number of benzene rings is 3. The number of terminal acetylenes is 1. The maximum atomic E-state index is 13.6. The molecule has 16 heteroatoms. The van der Waals surface area contributed by atoms with Crippen molar-refractivity contribution < 1.29 is 43.0 Å². The number of carbonyl (C=O) groups is 6. The first-order chi connectivity index (χ1) is 29.9. The average Bonchev–Trinajstić information content (AvgIpc) is 3.55. The summed E-state index contributed by atoms with van der Waals surface area (Å²) in [5.74, 6) is 0.00105. The Labute approximate surface area is 374 Å². The molecule has 338 valence electrons. The molecule has 1 aliphatic carbocycles. The summed E-state index contributed by atoms with van der Waals surface area (Å²) in [5.41, 5.74) is 5.65. The van der Waals surface area contributed by atoms with Gasteiger partial charge in [0.2, 0.25) is 17.7 Å².